The van der Waals surface area contributed by atoms with E-state index in [-0.39, 0.29) is 0 Å². The highest BCUT2D eigenvalue weighted by Crippen LogP contribution is 2.42. The Bertz CT molecular complexity index is 3310. The predicted octanol–water partition coefficient (Wildman–Crippen LogP) is 14.7. The lowest BCUT2D eigenvalue weighted by molar-refractivity contribution is 0.619. The summed E-state index contributed by atoms with van der Waals surface area (Å²) in [5.74, 6) is 1.19. The number of anilines is 6. The zero-order chi connectivity index (χ0) is 40.3. The van der Waals surface area contributed by atoms with Gasteiger partial charge in [-0.15, -0.1) is 0 Å². The van der Waals surface area contributed by atoms with Gasteiger partial charge in [0.1, 0.15) is 22.2 Å². The van der Waals surface area contributed by atoms with Crippen LogP contribution in [0.4, 0.5) is 34.1 Å². The largest absolute Gasteiger partial charge is 0.456 e. The first-order valence-electron chi connectivity index (χ1n) is 20.1. The van der Waals surface area contributed by atoms with Crippen LogP contribution in [0.25, 0.3) is 77.8 Å². The minimum Gasteiger partial charge on any atom is -0.456 e. The van der Waals surface area contributed by atoms with Crippen LogP contribution >= 0.6 is 0 Å². The van der Waals surface area contributed by atoms with Gasteiger partial charge >= 0.3 is 0 Å². The molecule has 0 aliphatic rings. The van der Waals surface area contributed by atoms with Crippen molar-refractivity contribution in [3.63, 3.8) is 0 Å². The summed E-state index contributed by atoms with van der Waals surface area (Å²) in [7, 11) is 0. The minimum absolute atomic E-state index is 0.589. The fourth-order valence-corrected chi connectivity index (χ4v) is 8.24. The molecule has 0 unspecified atom stereocenters. The van der Waals surface area contributed by atoms with Gasteiger partial charge in [-0.2, -0.15) is 0 Å². The second-order valence-corrected chi connectivity index (χ2v) is 14.9. The van der Waals surface area contributed by atoms with E-state index in [1.54, 1.807) is 0 Å². The van der Waals surface area contributed by atoms with Gasteiger partial charge in [0.2, 0.25) is 11.8 Å². The van der Waals surface area contributed by atoms with Crippen molar-refractivity contribution in [2.24, 2.45) is 0 Å². The highest BCUT2D eigenvalue weighted by Gasteiger charge is 2.19. The Labute approximate surface area is 349 Å². The van der Waals surface area contributed by atoms with Gasteiger partial charge in [-0.3, -0.25) is 4.98 Å². The van der Waals surface area contributed by atoms with Gasteiger partial charge in [0.05, 0.1) is 0 Å². The maximum absolute atomic E-state index is 6.69. The Morgan fingerprint density at radius 1 is 0.328 bits per heavy atom. The van der Waals surface area contributed by atoms with Crippen LogP contribution in [-0.4, -0.2) is 15.0 Å². The molecule has 12 aromatic rings. The van der Waals surface area contributed by atoms with Crippen molar-refractivity contribution in [1.29, 1.82) is 0 Å². The number of fused-ring (bicyclic) bond motifs is 6. The molecule has 0 saturated carbocycles. The van der Waals surface area contributed by atoms with E-state index >= 15 is 0 Å². The van der Waals surface area contributed by atoms with E-state index in [1.807, 2.05) is 91.3 Å². The molecule has 12 rings (SSSR count). The van der Waals surface area contributed by atoms with Crippen LogP contribution in [0, 0.1) is 0 Å². The quantitative estimate of drug-likeness (QED) is 0.150. The Hall–Kier alpha value is -8.49. The maximum atomic E-state index is 6.69. The lowest BCUT2D eigenvalue weighted by atomic mass is 10.0. The molecule has 0 atom stereocenters. The van der Waals surface area contributed by atoms with E-state index in [4.69, 9.17) is 23.2 Å². The van der Waals surface area contributed by atoms with Crippen molar-refractivity contribution in [2.45, 2.75) is 0 Å². The first kappa shape index (κ1) is 34.5. The van der Waals surface area contributed by atoms with Crippen molar-refractivity contribution in [3.8, 4) is 22.9 Å². The van der Waals surface area contributed by atoms with Gasteiger partial charge in [-0.1, -0.05) is 48.5 Å². The molecule has 4 aromatic heterocycles. The monoisotopic (exact) mass is 787 g/mol. The van der Waals surface area contributed by atoms with Crippen LogP contribution in [0.2, 0.25) is 0 Å². The summed E-state index contributed by atoms with van der Waals surface area (Å²) in [5.41, 5.74) is 12.7. The number of nitrogens with zero attached hydrogens (tertiary/aromatic N) is 5. The summed E-state index contributed by atoms with van der Waals surface area (Å²) in [6.07, 6.45) is 3.62. The van der Waals surface area contributed by atoms with Crippen LogP contribution < -0.4 is 9.80 Å². The molecule has 61 heavy (non-hydrogen) atoms. The van der Waals surface area contributed by atoms with E-state index in [0.717, 1.165) is 100 Å². The molecule has 0 amide bonds. The number of benzene rings is 8. The zero-order valence-corrected chi connectivity index (χ0v) is 32.5. The van der Waals surface area contributed by atoms with Crippen LogP contribution in [-0.2, 0) is 0 Å². The first-order valence-corrected chi connectivity index (χ1v) is 20.1. The second-order valence-electron chi connectivity index (χ2n) is 14.9. The summed E-state index contributed by atoms with van der Waals surface area (Å²) >= 11 is 0. The Morgan fingerprint density at radius 2 is 0.836 bits per heavy atom. The number of hydrogen-bond donors (Lipinski definition) is 0. The fourth-order valence-electron chi connectivity index (χ4n) is 8.24. The number of aromatic nitrogens is 3. The topological polar surface area (TPSA) is 84.6 Å². The van der Waals surface area contributed by atoms with Gasteiger partial charge in [-0.25, -0.2) is 9.97 Å². The molecule has 0 aliphatic carbocycles. The molecule has 0 spiro atoms. The van der Waals surface area contributed by atoms with E-state index in [0.29, 0.717) is 11.8 Å². The highest BCUT2D eigenvalue weighted by atomic mass is 16.4. The predicted molar refractivity (Wildman–Crippen MR) is 244 cm³/mol. The first-order chi connectivity index (χ1) is 30.2. The molecule has 8 nitrogen and oxygen atoms in total. The second kappa shape index (κ2) is 14.1. The molecular formula is C53H33N5O3. The number of oxazole rings is 2. The van der Waals surface area contributed by atoms with E-state index in [9.17, 15) is 0 Å². The third-order valence-electron chi connectivity index (χ3n) is 11.2. The van der Waals surface area contributed by atoms with Crippen molar-refractivity contribution in [2.75, 3.05) is 9.80 Å². The maximum Gasteiger partial charge on any atom is 0.227 e. The van der Waals surface area contributed by atoms with E-state index in [1.165, 1.54) is 0 Å². The van der Waals surface area contributed by atoms with Gasteiger partial charge in [0.15, 0.2) is 11.2 Å². The normalized spacial score (nSPS) is 11.6. The van der Waals surface area contributed by atoms with Crippen LogP contribution in [0.15, 0.2) is 214 Å². The Morgan fingerprint density at radius 3 is 1.46 bits per heavy atom. The van der Waals surface area contributed by atoms with Gasteiger partial charge in [0.25, 0.3) is 0 Å². The molecule has 288 valence electrons. The lowest BCUT2D eigenvalue weighted by Gasteiger charge is -2.26. The van der Waals surface area contributed by atoms with E-state index in [2.05, 4.69) is 124 Å². The molecule has 4 heterocycles. The van der Waals surface area contributed by atoms with Crippen LogP contribution in [0.5, 0.6) is 0 Å². The lowest BCUT2D eigenvalue weighted by Crippen LogP contribution is -2.09. The molecule has 0 bridgehead atoms. The number of para-hydroxylation sites is 5. The zero-order valence-electron chi connectivity index (χ0n) is 32.5. The average molecular weight is 788 g/mol. The molecular weight excluding hydrogens is 755 g/mol. The van der Waals surface area contributed by atoms with E-state index < -0.39 is 0 Å². The highest BCUT2D eigenvalue weighted by molar-refractivity contribution is 6.11. The summed E-state index contributed by atoms with van der Waals surface area (Å²) in [5, 5.41) is 4.32. The van der Waals surface area contributed by atoms with Gasteiger partial charge < -0.3 is 23.1 Å². The van der Waals surface area contributed by atoms with Gasteiger partial charge in [-0.05, 0) is 144 Å². The SMILES string of the molecule is c1ccc(N(c2ccc(-c3nc4ccccc4o3)cc2)c2ccc3cc4c(cc3c2)oc2cc(N(c3ccncc3)c3ccc(-c5nc6ccccc6o5)cc3)ccc24)cc1. The number of rotatable bonds is 8. The summed E-state index contributed by atoms with van der Waals surface area (Å²) in [4.78, 5) is 18.2. The fraction of sp³-hybridized carbons (Fsp3) is 0. The smallest absolute Gasteiger partial charge is 0.227 e. The molecule has 8 aromatic carbocycles. The van der Waals surface area contributed by atoms with Crippen LogP contribution in [0.3, 0.4) is 0 Å². The molecule has 0 N–H and O–H groups in total. The van der Waals surface area contributed by atoms with Gasteiger partial charge in [0, 0.05) is 74.5 Å². The molecule has 0 aliphatic heterocycles. The standard InChI is InChI=1S/C53H33N5O3/c1-2-8-38(9-3-1)57(39-19-14-34(15-20-39)52-55-46-10-4-6-12-48(46)60-52)42-23-18-36-31-45-44-25-24-43(33-51(44)59-50(45)32-37(36)30-42)58(41-26-28-54-29-27-41)40-21-16-35(17-22-40)53-56-47-11-5-7-13-49(47)61-53/h1-33H. The third-order valence-corrected chi connectivity index (χ3v) is 11.2. The van der Waals surface area contributed by atoms with Crippen molar-refractivity contribution in [1.82, 2.24) is 15.0 Å². The number of furan rings is 1. The van der Waals surface area contributed by atoms with Crippen molar-refractivity contribution >= 4 is 89.0 Å². The Balaban J connectivity index is 0.903. The molecule has 8 heteroatoms. The van der Waals surface area contributed by atoms with Crippen molar-refractivity contribution in [3.05, 3.63) is 200 Å². The summed E-state index contributed by atoms with van der Waals surface area (Å²) in [6.45, 7) is 0. The third kappa shape index (κ3) is 6.13. The van der Waals surface area contributed by atoms with Crippen molar-refractivity contribution < 1.29 is 13.3 Å². The number of pyridine rings is 1. The molecule has 0 radical (unpaired) electrons. The number of hydrogen-bond acceptors (Lipinski definition) is 8. The van der Waals surface area contributed by atoms with Crippen LogP contribution in [0.1, 0.15) is 0 Å². The molecule has 0 saturated heterocycles. The Kier molecular flexibility index (Phi) is 7.99. The summed E-state index contributed by atoms with van der Waals surface area (Å²) in [6, 6.07) is 64.1. The molecule has 0 fully saturated rings. The summed E-state index contributed by atoms with van der Waals surface area (Å²) < 4.78 is 18.8. The average Bonchev–Trinajstić information content (AvgIpc) is 4.05. The minimum atomic E-state index is 0.589.